The van der Waals surface area contributed by atoms with Gasteiger partial charge in [0.15, 0.2) is 0 Å². The molecule has 0 bridgehead atoms. The minimum Gasteiger partial charge on any atom is -0.329 e. The molecular weight excluding hydrogens is 210 g/mol. The summed E-state index contributed by atoms with van der Waals surface area (Å²) in [6, 6.07) is 1.30. The fourth-order valence-corrected chi connectivity index (χ4v) is 3.60. The molecule has 2 aliphatic rings. The molecule has 1 aliphatic heterocycles. The van der Waals surface area contributed by atoms with Crippen LogP contribution in [0.3, 0.4) is 0 Å². The number of likely N-dealkylation sites (N-methyl/N-ethyl adjacent to an activating group) is 1. The third kappa shape index (κ3) is 2.25. The van der Waals surface area contributed by atoms with Crippen molar-refractivity contribution in [1.29, 1.82) is 0 Å². The van der Waals surface area contributed by atoms with E-state index in [2.05, 4.69) is 37.6 Å². The highest BCUT2D eigenvalue weighted by atomic mass is 15.3. The smallest absolute Gasteiger partial charge is 0.0358 e. The summed E-state index contributed by atoms with van der Waals surface area (Å²) in [6.07, 6.45) is 3.98. The zero-order chi connectivity index (χ0) is 12.6. The van der Waals surface area contributed by atoms with Crippen LogP contribution in [0.15, 0.2) is 0 Å². The molecule has 0 aromatic rings. The lowest BCUT2D eigenvalue weighted by Gasteiger charge is -2.51. The largest absolute Gasteiger partial charge is 0.329 e. The Labute approximate surface area is 106 Å². The highest BCUT2D eigenvalue weighted by molar-refractivity contribution is 5.05. The molecule has 2 rings (SSSR count). The van der Waals surface area contributed by atoms with Gasteiger partial charge in [-0.2, -0.15) is 0 Å². The number of nitrogens with zero attached hydrogens (tertiary/aromatic N) is 2. The Morgan fingerprint density at radius 2 is 1.71 bits per heavy atom. The van der Waals surface area contributed by atoms with Gasteiger partial charge in [0.2, 0.25) is 0 Å². The standard InChI is InChI=1S/C14H29N3/c1-5-14(10-15,13-6-7-13)17-8-11(2)16(4)12(3)9-17/h11-13H,5-10,15H2,1-4H3. The SMILES string of the molecule is CCC(CN)(C1CC1)N1CC(C)N(C)C(C)C1. The Kier molecular flexibility index (Phi) is 3.81. The maximum atomic E-state index is 6.16. The molecule has 1 heterocycles. The van der Waals surface area contributed by atoms with Gasteiger partial charge >= 0.3 is 0 Å². The number of rotatable bonds is 4. The summed E-state index contributed by atoms with van der Waals surface area (Å²) in [7, 11) is 2.25. The van der Waals surface area contributed by atoms with Gasteiger partial charge in [-0.15, -0.1) is 0 Å². The van der Waals surface area contributed by atoms with E-state index in [0.29, 0.717) is 17.6 Å². The molecule has 0 radical (unpaired) electrons. The molecular formula is C14H29N3. The lowest BCUT2D eigenvalue weighted by atomic mass is 9.86. The normalized spacial score (nSPS) is 35.8. The van der Waals surface area contributed by atoms with E-state index in [4.69, 9.17) is 5.73 Å². The first kappa shape index (κ1) is 13.3. The van der Waals surface area contributed by atoms with Gasteiger partial charge in [0.05, 0.1) is 0 Å². The second kappa shape index (κ2) is 4.87. The number of nitrogens with two attached hydrogens (primary N) is 1. The third-order valence-corrected chi connectivity index (χ3v) is 5.29. The molecule has 1 saturated heterocycles. The van der Waals surface area contributed by atoms with Crippen molar-refractivity contribution in [2.75, 3.05) is 26.7 Å². The Morgan fingerprint density at radius 3 is 2.06 bits per heavy atom. The Bertz CT molecular complexity index is 246. The summed E-state index contributed by atoms with van der Waals surface area (Å²) >= 11 is 0. The topological polar surface area (TPSA) is 32.5 Å². The lowest BCUT2D eigenvalue weighted by molar-refractivity contribution is -0.0220. The summed E-state index contributed by atoms with van der Waals surface area (Å²) in [5, 5.41) is 0. The fraction of sp³-hybridized carbons (Fsp3) is 1.00. The molecule has 100 valence electrons. The quantitative estimate of drug-likeness (QED) is 0.807. The van der Waals surface area contributed by atoms with Crippen molar-refractivity contribution in [3.05, 3.63) is 0 Å². The van der Waals surface area contributed by atoms with E-state index in [1.165, 1.54) is 32.4 Å². The van der Waals surface area contributed by atoms with Gasteiger partial charge < -0.3 is 5.73 Å². The van der Waals surface area contributed by atoms with Crippen LogP contribution < -0.4 is 5.73 Å². The molecule has 0 spiro atoms. The van der Waals surface area contributed by atoms with Crippen molar-refractivity contribution in [3.63, 3.8) is 0 Å². The average molecular weight is 239 g/mol. The maximum absolute atomic E-state index is 6.16. The van der Waals surface area contributed by atoms with Crippen molar-refractivity contribution >= 4 is 0 Å². The van der Waals surface area contributed by atoms with Crippen LogP contribution in [0.1, 0.15) is 40.0 Å². The number of hydrogen-bond acceptors (Lipinski definition) is 3. The average Bonchev–Trinajstić information content (AvgIpc) is 3.13. The summed E-state index contributed by atoms with van der Waals surface area (Å²) in [4.78, 5) is 5.21. The molecule has 1 aliphatic carbocycles. The summed E-state index contributed by atoms with van der Waals surface area (Å²) in [6.45, 7) is 10.2. The van der Waals surface area contributed by atoms with Gasteiger partial charge in [0, 0.05) is 37.3 Å². The monoisotopic (exact) mass is 239 g/mol. The molecule has 1 saturated carbocycles. The predicted octanol–water partition coefficient (Wildman–Crippen LogP) is 1.53. The van der Waals surface area contributed by atoms with Crippen LogP contribution in [0, 0.1) is 5.92 Å². The van der Waals surface area contributed by atoms with E-state index in [0.717, 1.165) is 12.5 Å². The Hall–Kier alpha value is -0.120. The second-order valence-corrected chi connectivity index (χ2v) is 6.20. The van der Waals surface area contributed by atoms with Gasteiger partial charge in [-0.3, -0.25) is 9.80 Å². The van der Waals surface area contributed by atoms with Gasteiger partial charge in [-0.25, -0.2) is 0 Å². The Morgan fingerprint density at radius 1 is 1.18 bits per heavy atom. The van der Waals surface area contributed by atoms with Gasteiger partial charge in [-0.1, -0.05) is 6.92 Å². The summed E-state index contributed by atoms with van der Waals surface area (Å²) < 4.78 is 0. The molecule has 0 aromatic heterocycles. The zero-order valence-electron chi connectivity index (χ0n) is 11.9. The van der Waals surface area contributed by atoms with Crippen LogP contribution in [0.25, 0.3) is 0 Å². The predicted molar refractivity (Wildman–Crippen MR) is 73.1 cm³/mol. The summed E-state index contributed by atoms with van der Waals surface area (Å²) in [5.74, 6) is 0.861. The van der Waals surface area contributed by atoms with Crippen molar-refractivity contribution < 1.29 is 0 Å². The molecule has 2 N–H and O–H groups in total. The van der Waals surface area contributed by atoms with E-state index in [9.17, 15) is 0 Å². The van der Waals surface area contributed by atoms with Crippen molar-refractivity contribution in [1.82, 2.24) is 9.80 Å². The summed E-state index contributed by atoms with van der Waals surface area (Å²) in [5.41, 5.74) is 6.46. The van der Waals surface area contributed by atoms with E-state index >= 15 is 0 Å². The minimum absolute atomic E-state index is 0.295. The fourth-order valence-electron chi connectivity index (χ4n) is 3.60. The van der Waals surface area contributed by atoms with Crippen molar-refractivity contribution in [3.8, 4) is 0 Å². The minimum atomic E-state index is 0.295. The zero-order valence-corrected chi connectivity index (χ0v) is 11.9. The molecule has 3 heteroatoms. The molecule has 3 nitrogen and oxygen atoms in total. The lowest BCUT2D eigenvalue weighted by Crippen LogP contribution is -2.65. The number of piperazine rings is 1. The second-order valence-electron chi connectivity index (χ2n) is 6.20. The van der Waals surface area contributed by atoms with Crippen LogP contribution in [0.2, 0.25) is 0 Å². The highest BCUT2D eigenvalue weighted by Gasteiger charge is 2.48. The Balaban J connectivity index is 2.14. The van der Waals surface area contributed by atoms with Crippen LogP contribution in [0.4, 0.5) is 0 Å². The molecule has 17 heavy (non-hydrogen) atoms. The van der Waals surface area contributed by atoms with E-state index in [1.807, 2.05) is 0 Å². The van der Waals surface area contributed by atoms with Crippen LogP contribution in [0.5, 0.6) is 0 Å². The van der Waals surface area contributed by atoms with Crippen LogP contribution >= 0.6 is 0 Å². The van der Waals surface area contributed by atoms with Crippen LogP contribution in [-0.2, 0) is 0 Å². The molecule has 3 atom stereocenters. The van der Waals surface area contributed by atoms with Crippen molar-refractivity contribution in [2.45, 2.75) is 57.7 Å². The molecule has 0 amide bonds. The third-order valence-electron chi connectivity index (χ3n) is 5.29. The van der Waals surface area contributed by atoms with Gasteiger partial charge in [0.25, 0.3) is 0 Å². The highest BCUT2D eigenvalue weighted by Crippen LogP contribution is 2.45. The molecule has 2 fully saturated rings. The van der Waals surface area contributed by atoms with Crippen LogP contribution in [-0.4, -0.2) is 54.1 Å². The van der Waals surface area contributed by atoms with E-state index < -0.39 is 0 Å². The van der Waals surface area contributed by atoms with Gasteiger partial charge in [0.1, 0.15) is 0 Å². The van der Waals surface area contributed by atoms with Crippen molar-refractivity contribution in [2.24, 2.45) is 11.7 Å². The first-order valence-corrected chi connectivity index (χ1v) is 7.22. The molecule has 0 aromatic carbocycles. The first-order valence-electron chi connectivity index (χ1n) is 7.22. The number of hydrogen-bond donors (Lipinski definition) is 1. The van der Waals surface area contributed by atoms with Gasteiger partial charge in [-0.05, 0) is 46.1 Å². The van der Waals surface area contributed by atoms with E-state index in [1.54, 1.807) is 0 Å². The molecule has 3 unspecified atom stereocenters. The first-order chi connectivity index (χ1) is 8.05. The maximum Gasteiger partial charge on any atom is 0.0358 e. The van der Waals surface area contributed by atoms with E-state index in [-0.39, 0.29) is 0 Å².